The van der Waals surface area contributed by atoms with Crippen LogP contribution in [0.15, 0.2) is 54.6 Å². The smallest absolute Gasteiger partial charge is 0.246 e. The predicted molar refractivity (Wildman–Crippen MR) is 196 cm³/mol. The SMILES string of the molecule is N=C(N)c1ccc(CNC(=O)[C@H](CCCCNC(=O)COCC(=O)NCCOCCOCCN)NC(=O)[C@@H](CO)NS(=O)(=O)Cc2ccccc2)cc1. The molecule has 0 heterocycles. The van der Waals surface area contributed by atoms with Gasteiger partial charge in [-0.2, -0.15) is 0 Å². The molecule has 18 nitrogen and oxygen atoms in total. The van der Waals surface area contributed by atoms with Gasteiger partial charge in [-0.15, -0.1) is 0 Å². The second-order valence-electron chi connectivity index (χ2n) is 11.7. The summed E-state index contributed by atoms with van der Waals surface area (Å²) in [5.74, 6) is -2.84. The standard InChI is InChI=1S/C34H52N8O10S/c35-13-16-50-18-19-51-17-15-39-31(45)23-52-22-30(44)38-14-5-4-8-28(33(46)40-20-25-9-11-27(12-10-25)32(36)37)41-34(47)29(21-43)42-53(48,49)24-26-6-2-1-3-7-26/h1-3,6-7,9-12,28-29,42-43H,4-5,8,13-24,35H2,(H3,36,37)(H,38,44)(H,39,45)(H,40,46)(H,41,47)/t28-,29+/m0/s1. The molecule has 0 aliphatic heterocycles. The summed E-state index contributed by atoms with van der Waals surface area (Å²) in [5.41, 5.74) is 12.5. The van der Waals surface area contributed by atoms with Crippen molar-refractivity contribution in [3.05, 3.63) is 71.3 Å². The molecule has 2 rings (SSSR count). The van der Waals surface area contributed by atoms with Crippen molar-refractivity contribution in [3.63, 3.8) is 0 Å². The van der Waals surface area contributed by atoms with E-state index in [0.717, 1.165) is 0 Å². The van der Waals surface area contributed by atoms with Crippen molar-refractivity contribution in [1.29, 1.82) is 5.41 Å². The lowest BCUT2D eigenvalue weighted by Crippen LogP contribution is -2.55. The highest BCUT2D eigenvalue weighted by molar-refractivity contribution is 7.88. The highest BCUT2D eigenvalue weighted by Gasteiger charge is 2.28. The van der Waals surface area contributed by atoms with Crippen LogP contribution in [0.4, 0.5) is 0 Å². The number of aliphatic hydroxyl groups is 1. The molecular weight excluding hydrogens is 712 g/mol. The molecule has 0 aliphatic carbocycles. The minimum Gasteiger partial charge on any atom is -0.394 e. The zero-order chi connectivity index (χ0) is 38.9. The van der Waals surface area contributed by atoms with Crippen molar-refractivity contribution in [1.82, 2.24) is 26.0 Å². The number of benzene rings is 2. The van der Waals surface area contributed by atoms with Crippen molar-refractivity contribution in [2.75, 3.05) is 65.9 Å². The number of carbonyl (C=O) groups excluding carboxylic acids is 4. The summed E-state index contributed by atoms with van der Waals surface area (Å²) in [4.78, 5) is 50.4. The van der Waals surface area contributed by atoms with E-state index < -0.39 is 58.1 Å². The lowest BCUT2D eigenvalue weighted by Gasteiger charge is -2.22. The summed E-state index contributed by atoms with van der Waals surface area (Å²) < 4.78 is 43.3. The molecule has 0 spiro atoms. The number of sulfonamides is 1. The Bertz CT molecular complexity index is 1530. The molecule has 0 fully saturated rings. The zero-order valence-corrected chi connectivity index (χ0v) is 30.5. The van der Waals surface area contributed by atoms with E-state index in [-0.39, 0.29) is 51.7 Å². The molecule has 0 aromatic heterocycles. The number of ether oxygens (including phenoxy) is 3. The van der Waals surface area contributed by atoms with Crippen LogP contribution >= 0.6 is 0 Å². The maximum Gasteiger partial charge on any atom is 0.246 e. The molecule has 0 saturated heterocycles. The Labute approximate surface area is 309 Å². The fourth-order valence-corrected chi connectivity index (χ4v) is 5.92. The number of nitrogen functional groups attached to an aromatic ring is 1. The topological polar surface area (TPSA) is 286 Å². The summed E-state index contributed by atoms with van der Waals surface area (Å²) in [6, 6.07) is 12.3. The number of rotatable bonds is 28. The van der Waals surface area contributed by atoms with E-state index in [9.17, 15) is 32.7 Å². The van der Waals surface area contributed by atoms with E-state index in [1.54, 1.807) is 54.6 Å². The number of carbonyl (C=O) groups is 4. The highest BCUT2D eigenvalue weighted by Crippen LogP contribution is 2.08. The molecule has 53 heavy (non-hydrogen) atoms. The van der Waals surface area contributed by atoms with Crippen LogP contribution in [0.3, 0.4) is 0 Å². The molecule has 294 valence electrons. The Balaban J connectivity index is 1.84. The van der Waals surface area contributed by atoms with Crippen LogP contribution in [0.2, 0.25) is 0 Å². The fourth-order valence-electron chi connectivity index (χ4n) is 4.59. The van der Waals surface area contributed by atoms with E-state index in [1.165, 1.54) is 0 Å². The number of unbranched alkanes of at least 4 members (excludes halogenated alkanes) is 1. The Hall–Kier alpha value is -4.50. The molecule has 0 aliphatic rings. The summed E-state index contributed by atoms with van der Waals surface area (Å²) in [5, 5.41) is 27.9. The van der Waals surface area contributed by atoms with Gasteiger partial charge in [0.1, 0.15) is 31.1 Å². The third kappa shape index (κ3) is 19.8. The first kappa shape index (κ1) is 44.7. The normalized spacial score (nSPS) is 12.3. The molecule has 19 heteroatoms. The van der Waals surface area contributed by atoms with E-state index >= 15 is 0 Å². The molecule has 2 aromatic rings. The largest absolute Gasteiger partial charge is 0.394 e. The van der Waals surface area contributed by atoms with Crippen LogP contribution in [0, 0.1) is 5.41 Å². The number of aliphatic hydroxyl groups excluding tert-OH is 1. The van der Waals surface area contributed by atoms with Gasteiger partial charge in [0.2, 0.25) is 33.7 Å². The molecule has 2 aromatic carbocycles. The van der Waals surface area contributed by atoms with E-state index in [1.807, 2.05) is 0 Å². The number of nitrogens with one attached hydrogen (secondary N) is 6. The van der Waals surface area contributed by atoms with Crippen molar-refractivity contribution >= 4 is 39.5 Å². The first-order valence-electron chi connectivity index (χ1n) is 17.1. The maximum absolute atomic E-state index is 13.2. The van der Waals surface area contributed by atoms with Crippen LogP contribution in [-0.4, -0.2) is 121 Å². The number of hydrogen-bond acceptors (Lipinski definition) is 12. The lowest BCUT2D eigenvalue weighted by atomic mass is 10.1. The Kier molecular flexibility index (Phi) is 21.5. The van der Waals surface area contributed by atoms with Gasteiger partial charge >= 0.3 is 0 Å². The molecule has 0 radical (unpaired) electrons. The van der Waals surface area contributed by atoms with Gasteiger partial charge in [0, 0.05) is 31.7 Å². The summed E-state index contributed by atoms with van der Waals surface area (Å²) in [6.45, 7) is 0.991. The van der Waals surface area contributed by atoms with Crippen molar-refractivity contribution in [2.24, 2.45) is 11.5 Å². The second kappa shape index (κ2) is 25.5. The average molecular weight is 765 g/mol. The first-order valence-corrected chi connectivity index (χ1v) is 18.7. The first-order chi connectivity index (χ1) is 25.4. The van der Waals surface area contributed by atoms with Crippen LogP contribution in [0.25, 0.3) is 0 Å². The number of nitrogens with two attached hydrogens (primary N) is 2. The lowest BCUT2D eigenvalue weighted by molar-refractivity contribution is -0.131. The third-order valence-electron chi connectivity index (χ3n) is 7.30. The molecule has 11 N–H and O–H groups in total. The molecule has 4 amide bonds. The highest BCUT2D eigenvalue weighted by atomic mass is 32.2. The van der Waals surface area contributed by atoms with Gasteiger partial charge in [-0.25, -0.2) is 13.1 Å². The third-order valence-corrected chi connectivity index (χ3v) is 8.65. The molecular formula is C34H52N8O10S. The summed E-state index contributed by atoms with van der Waals surface area (Å²) >= 11 is 0. The van der Waals surface area contributed by atoms with Crippen LogP contribution in [0.5, 0.6) is 0 Å². The average Bonchev–Trinajstić information content (AvgIpc) is 3.13. The zero-order valence-electron chi connectivity index (χ0n) is 29.6. The summed E-state index contributed by atoms with van der Waals surface area (Å²) in [6.07, 6.45) is 0.884. The second-order valence-corrected chi connectivity index (χ2v) is 13.4. The van der Waals surface area contributed by atoms with Gasteiger partial charge in [-0.3, -0.25) is 24.6 Å². The van der Waals surface area contributed by atoms with Gasteiger partial charge in [0.05, 0.1) is 38.8 Å². The van der Waals surface area contributed by atoms with Gasteiger partial charge in [-0.05, 0) is 30.4 Å². The monoisotopic (exact) mass is 764 g/mol. The molecule has 0 unspecified atom stereocenters. The van der Waals surface area contributed by atoms with Crippen molar-refractivity contribution in [2.45, 2.75) is 43.6 Å². The number of amides is 4. The van der Waals surface area contributed by atoms with Gasteiger partial charge in [-0.1, -0.05) is 54.6 Å². The Morgan fingerprint density at radius 3 is 2.02 bits per heavy atom. The quantitative estimate of drug-likeness (QED) is 0.0258. The molecule has 0 bridgehead atoms. The number of amidine groups is 1. The van der Waals surface area contributed by atoms with E-state index in [0.29, 0.717) is 55.9 Å². The molecule has 0 saturated carbocycles. The van der Waals surface area contributed by atoms with Gasteiger partial charge in [0.25, 0.3) is 0 Å². The van der Waals surface area contributed by atoms with E-state index in [4.69, 9.17) is 31.1 Å². The minimum absolute atomic E-state index is 0.0867. The minimum atomic E-state index is -4.04. The van der Waals surface area contributed by atoms with Crippen LogP contribution in [-0.2, 0) is 55.7 Å². The summed E-state index contributed by atoms with van der Waals surface area (Å²) in [7, 11) is -4.04. The number of hydrogen-bond donors (Lipinski definition) is 9. The van der Waals surface area contributed by atoms with Gasteiger partial charge < -0.3 is 52.1 Å². The maximum atomic E-state index is 13.2. The van der Waals surface area contributed by atoms with Crippen molar-refractivity contribution < 1.29 is 46.9 Å². The van der Waals surface area contributed by atoms with E-state index in [2.05, 4.69) is 26.0 Å². The fraction of sp³-hybridized carbons (Fsp3) is 0.500. The Morgan fingerprint density at radius 2 is 1.40 bits per heavy atom. The Morgan fingerprint density at radius 1 is 0.755 bits per heavy atom. The van der Waals surface area contributed by atoms with Crippen LogP contribution in [0.1, 0.15) is 36.0 Å². The van der Waals surface area contributed by atoms with Crippen molar-refractivity contribution in [3.8, 4) is 0 Å². The molecule has 2 atom stereocenters. The van der Waals surface area contributed by atoms with Gasteiger partial charge in [0.15, 0.2) is 0 Å². The predicted octanol–water partition coefficient (Wildman–Crippen LogP) is -2.04. The van der Waals surface area contributed by atoms with Crippen LogP contribution < -0.4 is 37.5 Å².